The average Bonchev–Trinajstić information content (AvgIpc) is 0.811. The Kier molecular flexibility index (Phi) is 7.25. The third kappa shape index (κ3) is 3880. The molecule has 32 valence electrons. The van der Waals surface area contributed by atoms with Gasteiger partial charge in [0.2, 0.25) is 0 Å². The number of halogens is 1. The van der Waals surface area contributed by atoms with Gasteiger partial charge in [-0.3, -0.25) is 0 Å². The lowest BCUT2D eigenvalue weighted by Gasteiger charge is -1.51. The van der Waals surface area contributed by atoms with Gasteiger partial charge in [-0.2, -0.15) is 0 Å². The summed E-state index contributed by atoms with van der Waals surface area (Å²) in [4.78, 5) is 7.37. The molecule has 0 spiro atoms. The maximum Gasteiger partial charge on any atom is 0.616 e. The van der Waals surface area contributed by atoms with Crippen molar-refractivity contribution in [3.63, 3.8) is 0 Å². The third-order valence-electron chi connectivity index (χ3n) is 0. The summed E-state index contributed by atoms with van der Waals surface area (Å²) in [6, 6.07) is 0. The molecule has 0 saturated carbocycles. The molecule has 5 heavy (non-hydrogen) atoms. The van der Waals surface area contributed by atoms with Crippen molar-refractivity contribution in [2.24, 2.45) is 0 Å². The normalized spacial score (nSPS) is 5.00. The van der Waals surface area contributed by atoms with E-state index in [-0.39, 0.29) is 6.15 Å². The summed E-state index contributed by atoms with van der Waals surface area (Å²) in [6.45, 7) is 0. The van der Waals surface area contributed by atoms with Gasteiger partial charge in [0.1, 0.15) is 0 Å². The smallest absolute Gasteiger partial charge is 0.529 e. The van der Waals surface area contributed by atoms with Crippen LogP contribution in [0.5, 0.6) is 0 Å². The highest BCUT2D eigenvalue weighted by Crippen LogP contribution is 1.58. The van der Waals surface area contributed by atoms with Crippen molar-refractivity contribution in [2.45, 2.75) is 0 Å². The van der Waals surface area contributed by atoms with E-state index in [1.807, 2.05) is 0 Å². The van der Waals surface area contributed by atoms with Crippen LogP contribution in [0.4, 0.5) is 0 Å². The molecular weight excluding hydrogens is 110 g/mol. The van der Waals surface area contributed by atoms with E-state index in [9.17, 15) is 0 Å². The average molecular weight is 114 g/mol. The maximum absolute atomic E-state index is 8.95. The first-order valence-electron chi connectivity index (χ1n) is 0.617. The zero-order valence-electron chi connectivity index (χ0n) is 2.44. The van der Waals surface area contributed by atoms with E-state index in [1.165, 1.54) is 0 Å². The molecule has 0 heterocycles. The first kappa shape index (κ1) is 8.91. The van der Waals surface area contributed by atoms with Crippen LogP contribution in [0.25, 0.3) is 0 Å². The van der Waals surface area contributed by atoms with Gasteiger partial charge >= 0.3 is 8.24 Å². The van der Waals surface area contributed by atoms with E-state index in [1.54, 1.807) is 0 Å². The molecule has 0 aliphatic carbocycles. The zero-order valence-corrected chi connectivity index (χ0v) is 4.20. The number of rotatable bonds is 0. The summed E-state index contributed by atoms with van der Waals surface area (Å²) in [7, 11) is -2.66. The van der Waals surface area contributed by atoms with Crippen molar-refractivity contribution >= 4 is 19.3 Å². The third-order valence-corrected chi connectivity index (χ3v) is 0. The van der Waals surface area contributed by atoms with E-state index >= 15 is 0 Å². The monoisotopic (exact) mass is 113 g/mol. The predicted octanol–water partition coefficient (Wildman–Crippen LogP) is -0.205. The highest BCUT2D eigenvalue weighted by Gasteiger charge is 1.82. The largest absolute Gasteiger partial charge is 0.616 e. The second-order valence-electron chi connectivity index (χ2n) is 0.253. The fraction of sp³-hybridized carbons (Fsp3) is 0. The minimum atomic E-state index is -2.66. The minimum Gasteiger partial charge on any atom is -0.529 e. The molecule has 3 nitrogen and oxygen atoms in total. The standard InChI is InChI=1S/ClHO2Si.H3N/c1-4(2)3;/h2H;1H3. The highest BCUT2D eigenvalue weighted by atomic mass is 35.6. The van der Waals surface area contributed by atoms with E-state index in [0.717, 1.165) is 0 Å². The molecule has 4 N–H and O–H groups in total. The van der Waals surface area contributed by atoms with Crippen LogP contribution in [0.1, 0.15) is 0 Å². The van der Waals surface area contributed by atoms with Gasteiger partial charge in [0.05, 0.1) is 0 Å². The van der Waals surface area contributed by atoms with E-state index < -0.39 is 8.24 Å². The Hall–Kier alpha value is 0.0669. The Balaban J connectivity index is 0. The molecule has 0 rings (SSSR count). The molecule has 0 atom stereocenters. The Morgan fingerprint density at radius 1 is 1.80 bits per heavy atom. The fourth-order valence-corrected chi connectivity index (χ4v) is 0. The fourth-order valence-electron chi connectivity index (χ4n) is 0. The van der Waals surface area contributed by atoms with Gasteiger partial charge in [-0.15, -0.1) is 0 Å². The molecule has 0 aromatic rings. The summed E-state index contributed by atoms with van der Waals surface area (Å²) in [5.74, 6) is 0. The second-order valence-corrected chi connectivity index (χ2v) is 1.73. The SMILES string of the molecule is N.O=[Si](O)Cl. The molecule has 0 unspecified atom stereocenters. The first-order chi connectivity index (χ1) is 1.73. The van der Waals surface area contributed by atoms with Gasteiger partial charge in [0, 0.05) is 0 Å². The molecule has 0 aliphatic heterocycles. The molecule has 0 radical (unpaired) electrons. The Morgan fingerprint density at radius 2 is 1.80 bits per heavy atom. The highest BCUT2D eigenvalue weighted by molar-refractivity contribution is 6.93. The van der Waals surface area contributed by atoms with Crippen molar-refractivity contribution in [1.82, 2.24) is 6.15 Å². The zero-order chi connectivity index (χ0) is 3.58. The maximum atomic E-state index is 8.95. The van der Waals surface area contributed by atoms with Crippen molar-refractivity contribution in [3.8, 4) is 0 Å². The first-order valence-corrected chi connectivity index (χ1v) is 2.98. The Bertz CT molecular complexity index is 32.6. The Morgan fingerprint density at radius 3 is 1.80 bits per heavy atom. The van der Waals surface area contributed by atoms with E-state index in [2.05, 4.69) is 11.1 Å². The molecular formula is H4ClNO2Si. The summed E-state index contributed by atoms with van der Waals surface area (Å²) >= 11 is 4.38. The Labute approximate surface area is 35.6 Å². The summed E-state index contributed by atoms with van der Waals surface area (Å²) in [5, 5.41) is 0. The van der Waals surface area contributed by atoms with Gasteiger partial charge in [-0.1, -0.05) is 0 Å². The van der Waals surface area contributed by atoms with Gasteiger partial charge in [0.25, 0.3) is 0 Å². The van der Waals surface area contributed by atoms with E-state index in [4.69, 9.17) is 9.26 Å². The van der Waals surface area contributed by atoms with Gasteiger partial charge in [0.15, 0.2) is 0 Å². The second kappa shape index (κ2) is 4.07. The lowest BCUT2D eigenvalue weighted by atomic mass is 14.0. The molecule has 0 fully saturated rings. The van der Waals surface area contributed by atoms with Gasteiger partial charge < -0.3 is 15.4 Å². The lowest BCUT2D eigenvalue weighted by molar-refractivity contribution is 0.469. The van der Waals surface area contributed by atoms with Crippen LogP contribution in [0.3, 0.4) is 0 Å². The molecule has 0 amide bonds. The quantitative estimate of drug-likeness (QED) is 0.338. The van der Waals surface area contributed by atoms with Crippen molar-refractivity contribution in [1.29, 1.82) is 0 Å². The minimum absolute atomic E-state index is 0. The number of hydrogen-bond acceptors (Lipinski definition) is 2. The summed E-state index contributed by atoms with van der Waals surface area (Å²) in [5.41, 5.74) is 0. The summed E-state index contributed by atoms with van der Waals surface area (Å²) in [6.07, 6.45) is 0. The van der Waals surface area contributed by atoms with Crippen LogP contribution in [-0.2, 0) is 4.46 Å². The topological polar surface area (TPSA) is 72.3 Å². The van der Waals surface area contributed by atoms with Crippen LogP contribution < -0.4 is 6.15 Å². The van der Waals surface area contributed by atoms with Crippen molar-refractivity contribution in [2.75, 3.05) is 0 Å². The molecule has 0 aromatic heterocycles. The molecule has 5 heteroatoms. The van der Waals surface area contributed by atoms with Gasteiger partial charge in [-0.05, 0) is 11.1 Å². The van der Waals surface area contributed by atoms with Crippen LogP contribution >= 0.6 is 11.1 Å². The summed E-state index contributed by atoms with van der Waals surface area (Å²) < 4.78 is 8.95. The molecule has 0 bridgehead atoms. The van der Waals surface area contributed by atoms with E-state index in [0.29, 0.717) is 0 Å². The molecule has 0 aromatic carbocycles. The van der Waals surface area contributed by atoms with Crippen LogP contribution in [-0.4, -0.2) is 13.0 Å². The lowest BCUT2D eigenvalue weighted by Crippen LogP contribution is -1.77. The predicted molar refractivity (Wildman–Crippen MR) is 19.5 cm³/mol. The van der Waals surface area contributed by atoms with Crippen LogP contribution in [0.2, 0.25) is 0 Å². The van der Waals surface area contributed by atoms with Crippen LogP contribution in [0, 0.1) is 0 Å². The van der Waals surface area contributed by atoms with Crippen molar-refractivity contribution in [3.05, 3.63) is 0 Å². The van der Waals surface area contributed by atoms with Crippen LogP contribution in [0.15, 0.2) is 0 Å². The van der Waals surface area contributed by atoms with Crippen molar-refractivity contribution < 1.29 is 9.26 Å². The number of hydrogen-bond donors (Lipinski definition) is 2. The van der Waals surface area contributed by atoms with Gasteiger partial charge in [-0.25, -0.2) is 0 Å². The molecule has 0 aliphatic rings. The molecule has 0 saturated heterocycles.